The molecule has 2 aromatic carbocycles. The highest BCUT2D eigenvalue weighted by molar-refractivity contribution is 9.10. The maximum atomic E-state index is 13.1. The molecule has 3 heterocycles. The molecule has 2 fully saturated rings. The van der Waals surface area contributed by atoms with Gasteiger partial charge in [0.2, 0.25) is 0 Å². The molecule has 172 valence electrons. The van der Waals surface area contributed by atoms with Crippen molar-refractivity contribution in [2.24, 2.45) is 5.92 Å². The minimum Gasteiger partial charge on any atom is -0.317 e. The predicted molar refractivity (Wildman–Crippen MR) is 138 cm³/mol. The van der Waals surface area contributed by atoms with Crippen molar-refractivity contribution in [3.05, 3.63) is 68.2 Å². The molecule has 1 N–H and O–H groups in total. The molecule has 1 unspecified atom stereocenters. The summed E-state index contributed by atoms with van der Waals surface area (Å²) in [6, 6.07) is 13.1. The van der Waals surface area contributed by atoms with E-state index in [-0.39, 0.29) is 5.56 Å². The Morgan fingerprint density at radius 1 is 1.03 bits per heavy atom. The fraction of sp³-hybridized carbons (Fsp3) is 0.500. The Bertz CT molecular complexity index is 1240. The van der Waals surface area contributed by atoms with Crippen molar-refractivity contribution in [3.8, 4) is 5.69 Å². The van der Waals surface area contributed by atoms with Gasteiger partial charge in [0.15, 0.2) is 0 Å². The van der Waals surface area contributed by atoms with Crippen LogP contribution in [0.5, 0.6) is 0 Å². The van der Waals surface area contributed by atoms with Crippen LogP contribution < -0.4 is 10.9 Å². The van der Waals surface area contributed by atoms with Crippen molar-refractivity contribution in [2.45, 2.75) is 69.6 Å². The van der Waals surface area contributed by atoms with Gasteiger partial charge in [-0.3, -0.25) is 9.36 Å². The molecule has 3 aliphatic rings. The second kappa shape index (κ2) is 8.99. The highest BCUT2D eigenvalue weighted by Gasteiger charge is 2.30. The number of nitrogens with zero attached hydrogens (tertiary/aromatic N) is 2. The molecule has 0 spiro atoms. The third kappa shape index (κ3) is 3.97. The quantitative estimate of drug-likeness (QED) is 0.457. The van der Waals surface area contributed by atoms with E-state index in [4.69, 9.17) is 4.98 Å². The molecular formula is C28H32BrN3O. The van der Waals surface area contributed by atoms with Crippen molar-refractivity contribution in [1.29, 1.82) is 0 Å². The Labute approximate surface area is 203 Å². The summed E-state index contributed by atoms with van der Waals surface area (Å²) in [5, 5.41) is 4.18. The number of piperidine rings is 1. The molecule has 6 rings (SSSR count). The maximum Gasteiger partial charge on any atom is 0.281 e. The zero-order valence-electron chi connectivity index (χ0n) is 19.2. The highest BCUT2D eigenvalue weighted by Crippen LogP contribution is 2.40. The summed E-state index contributed by atoms with van der Waals surface area (Å²) < 4.78 is 3.13. The van der Waals surface area contributed by atoms with Crippen LogP contribution in [0.2, 0.25) is 0 Å². The molecule has 1 aromatic heterocycles. The van der Waals surface area contributed by atoms with E-state index in [0.717, 1.165) is 47.7 Å². The lowest BCUT2D eigenvalue weighted by atomic mass is 9.83. The summed E-state index contributed by atoms with van der Waals surface area (Å²) in [5.41, 5.74) is 4.97. The number of halogens is 1. The average molecular weight is 506 g/mol. The van der Waals surface area contributed by atoms with Gasteiger partial charge in [0.1, 0.15) is 5.82 Å². The molecule has 5 heteroatoms. The van der Waals surface area contributed by atoms with Crippen molar-refractivity contribution in [3.63, 3.8) is 0 Å². The third-order valence-corrected chi connectivity index (χ3v) is 8.94. The summed E-state index contributed by atoms with van der Waals surface area (Å²) in [7, 11) is 0. The van der Waals surface area contributed by atoms with E-state index in [1.165, 1.54) is 61.8 Å². The van der Waals surface area contributed by atoms with Gasteiger partial charge in [0.25, 0.3) is 5.56 Å². The van der Waals surface area contributed by atoms with Crippen LogP contribution in [0.3, 0.4) is 0 Å². The number of rotatable bonds is 4. The molecule has 0 amide bonds. The van der Waals surface area contributed by atoms with Crippen LogP contribution in [0.15, 0.2) is 45.7 Å². The van der Waals surface area contributed by atoms with Gasteiger partial charge in [-0.2, -0.15) is 4.98 Å². The second-order valence-corrected chi connectivity index (χ2v) is 11.1. The van der Waals surface area contributed by atoms with E-state index < -0.39 is 0 Å². The van der Waals surface area contributed by atoms with E-state index in [9.17, 15) is 4.79 Å². The number of aromatic nitrogens is 2. The number of benzene rings is 2. The minimum atomic E-state index is -0.107. The first-order valence-corrected chi connectivity index (χ1v) is 13.5. The summed E-state index contributed by atoms with van der Waals surface area (Å²) in [4.78, 5) is 17.8. The normalized spacial score (nSPS) is 21.3. The minimum absolute atomic E-state index is 0.107. The van der Waals surface area contributed by atoms with Crippen LogP contribution in [0.25, 0.3) is 16.6 Å². The van der Waals surface area contributed by atoms with Gasteiger partial charge in [-0.1, -0.05) is 43.9 Å². The molecule has 1 atom stereocenters. The Morgan fingerprint density at radius 2 is 1.85 bits per heavy atom. The maximum absolute atomic E-state index is 13.1. The van der Waals surface area contributed by atoms with Gasteiger partial charge in [-0.15, -0.1) is 0 Å². The molecule has 1 aliphatic carbocycles. The fourth-order valence-electron chi connectivity index (χ4n) is 6.49. The van der Waals surface area contributed by atoms with Crippen molar-refractivity contribution >= 4 is 26.8 Å². The van der Waals surface area contributed by atoms with Gasteiger partial charge >= 0.3 is 0 Å². The Hall–Kier alpha value is -1.98. The lowest BCUT2D eigenvalue weighted by Gasteiger charge is -2.32. The number of hydrogen-bond donors (Lipinski definition) is 1. The van der Waals surface area contributed by atoms with Crippen molar-refractivity contribution in [1.82, 2.24) is 14.9 Å². The van der Waals surface area contributed by atoms with E-state index in [1.54, 1.807) is 0 Å². The first-order valence-electron chi connectivity index (χ1n) is 12.7. The molecule has 1 saturated carbocycles. The Balaban J connectivity index is 1.47. The van der Waals surface area contributed by atoms with Crippen LogP contribution in [0.4, 0.5) is 0 Å². The molecule has 1 saturated heterocycles. The molecule has 3 aromatic rings. The van der Waals surface area contributed by atoms with E-state index in [1.807, 2.05) is 12.1 Å². The third-order valence-electron chi connectivity index (χ3n) is 8.28. The molecule has 4 nitrogen and oxygen atoms in total. The summed E-state index contributed by atoms with van der Waals surface area (Å²) in [6.07, 6.45) is 11.3. The number of fused-ring (bicyclic) bond motifs is 5. The van der Waals surface area contributed by atoms with Gasteiger partial charge < -0.3 is 5.32 Å². The SMILES string of the molecule is O=c1nc2n(c3cccc(Br)c13)-c1ccc(C3CCNCC3)cc1CC2CCC1CCCC1. The lowest BCUT2D eigenvalue weighted by Crippen LogP contribution is -2.28. The summed E-state index contributed by atoms with van der Waals surface area (Å²) in [5.74, 6) is 2.76. The molecule has 0 bridgehead atoms. The van der Waals surface area contributed by atoms with Gasteiger partial charge in [0, 0.05) is 10.4 Å². The highest BCUT2D eigenvalue weighted by atomic mass is 79.9. The Kier molecular flexibility index (Phi) is 5.87. The monoisotopic (exact) mass is 505 g/mol. The van der Waals surface area contributed by atoms with Crippen LogP contribution in [-0.2, 0) is 6.42 Å². The predicted octanol–water partition coefficient (Wildman–Crippen LogP) is 6.23. The fourth-order valence-corrected chi connectivity index (χ4v) is 7.02. The zero-order chi connectivity index (χ0) is 22.4. The van der Waals surface area contributed by atoms with Crippen LogP contribution in [-0.4, -0.2) is 22.6 Å². The smallest absolute Gasteiger partial charge is 0.281 e. The standard InChI is InChI=1S/C28H32BrN3O/c29-23-6-3-7-25-26(23)28(33)31-27-21(9-8-18-4-1-2-5-18)17-22-16-20(10-11-24(22)32(25)27)19-12-14-30-15-13-19/h3,6-7,10-11,16,18-19,21,30H,1-2,4-5,8-9,12-15,17H2. The van der Waals surface area contributed by atoms with Crippen molar-refractivity contribution in [2.75, 3.05) is 13.1 Å². The largest absolute Gasteiger partial charge is 0.317 e. The first-order chi connectivity index (χ1) is 16.2. The zero-order valence-corrected chi connectivity index (χ0v) is 20.7. The molecular weight excluding hydrogens is 474 g/mol. The van der Waals surface area contributed by atoms with E-state index in [2.05, 4.69) is 50.1 Å². The molecule has 0 radical (unpaired) electrons. The van der Waals surface area contributed by atoms with Crippen LogP contribution in [0.1, 0.15) is 80.2 Å². The number of nitrogens with one attached hydrogen (secondary N) is 1. The van der Waals surface area contributed by atoms with E-state index >= 15 is 0 Å². The second-order valence-electron chi connectivity index (χ2n) is 10.3. The Morgan fingerprint density at radius 3 is 2.67 bits per heavy atom. The topological polar surface area (TPSA) is 46.9 Å². The molecule has 2 aliphatic heterocycles. The van der Waals surface area contributed by atoms with Gasteiger partial charge in [-0.25, -0.2) is 0 Å². The number of hydrogen-bond acceptors (Lipinski definition) is 3. The lowest BCUT2D eigenvalue weighted by molar-refractivity contribution is 0.431. The van der Waals surface area contributed by atoms with Crippen LogP contribution in [0, 0.1) is 5.92 Å². The van der Waals surface area contributed by atoms with E-state index in [0.29, 0.717) is 17.2 Å². The average Bonchev–Trinajstić information content (AvgIpc) is 3.36. The summed E-state index contributed by atoms with van der Waals surface area (Å²) >= 11 is 3.61. The van der Waals surface area contributed by atoms with Gasteiger partial charge in [0.05, 0.1) is 16.6 Å². The summed E-state index contributed by atoms with van der Waals surface area (Å²) in [6.45, 7) is 2.22. The van der Waals surface area contributed by atoms with Crippen molar-refractivity contribution < 1.29 is 0 Å². The van der Waals surface area contributed by atoms with Crippen LogP contribution >= 0.6 is 15.9 Å². The first kappa shape index (κ1) is 21.5. The molecule has 33 heavy (non-hydrogen) atoms. The van der Waals surface area contributed by atoms with Gasteiger partial charge in [-0.05, 0) is 102 Å².